The number of carbonyl (C=O) groups is 2. The second-order valence-corrected chi connectivity index (χ2v) is 4.22. The lowest BCUT2D eigenvalue weighted by Crippen LogP contribution is -2.07. The fraction of sp³-hybridized carbons (Fsp3) is 0. The van der Waals surface area contributed by atoms with E-state index < -0.39 is 11.9 Å². The van der Waals surface area contributed by atoms with E-state index in [1.807, 2.05) is 0 Å². The molecular formula is C13H10ClN3O3. The van der Waals surface area contributed by atoms with Crippen molar-refractivity contribution >= 4 is 35.4 Å². The van der Waals surface area contributed by atoms with E-state index in [1.165, 1.54) is 12.1 Å². The molecule has 0 bridgehead atoms. The smallest absolute Gasteiger partial charge is 0.353 e. The average molecular weight is 292 g/mol. The van der Waals surface area contributed by atoms with Crippen molar-refractivity contribution in [2.45, 2.75) is 0 Å². The van der Waals surface area contributed by atoms with Gasteiger partial charge in [0.2, 0.25) is 5.91 Å². The Balaban J connectivity index is 2.02. The maximum atomic E-state index is 11.6. The number of aromatic amines is 1. The van der Waals surface area contributed by atoms with E-state index in [2.05, 4.69) is 15.5 Å². The number of nitrogens with zero attached hydrogens (tertiary/aromatic N) is 1. The Hall–Kier alpha value is -2.60. The molecule has 0 radical (unpaired) electrons. The van der Waals surface area contributed by atoms with E-state index in [-0.39, 0.29) is 11.5 Å². The van der Waals surface area contributed by atoms with Crippen LogP contribution >= 0.6 is 11.6 Å². The van der Waals surface area contributed by atoms with Crippen LogP contribution in [0.3, 0.4) is 0 Å². The van der Waals surface area contributed by atoms with Gasteiger partial charge in [0, 0.05) is 17.2 Å². The van der Waals surface area contributed by atoms with Crippen LogP contribution in [-0.2, 0) is 4.79 Å². The lowest BCUT2D eigenvalue weighted by Gasteiger charge is -1.97. The molecule has 102 valence electrons. The highest BCUT2D eigenvalue weighted by Crippen LogP contribution is 2.16. The minimum absolute atomic E-state index is 0.101. The van der Waals surface area contributed by atoms with Gasteiger partial charge < -0.3 is 10.4 Å². The summed E-state index contributed by atoms with van der Waals surface area (Å²) in [5.41, 5.74) is 0.605. The first-order valence-electron chi connectivity index (χ1n) is 5.58. The summed E-state index contributed by atoms with van der Waals surface area (Å²) in [6, 6.07) is 8.30. The van der Waals surface area contributed by atoms with E-state index in [0.29, 0.717) is 10.6 Å². The highest BCUT2D eigenvalue weighted by molar-refractivity contribution is 6.32. The van der Waals surface area contributed by atoms with Crippen molar-refractivity contribution in [1.82, 2.24) is 10.2 Å². The van der Waals surface area contributed by atoms with Gasteiger partial charge in [-0.2, -0.15) is 5.10 Å². The Morgan fingerprint density at radius 3 is 2.75 bits per heavy atom. The fourth-order valence-corrected chi connectivity index (χ4v) is 1.64. The Labute approximate surface area is 119 Å². The maximum absolute atomic E-state index is 11.6. The van der Waals surface area contributed by atoms with E-state index >= 15 is 0 Å². The first-order chi connectivity index (χ1) is 9.56. The molecule has 7 heteroatoms. The van der Waals surface area contributed by atoms with Gasteiger partial charge in [-0.15, -0.1) is 0 Å². The molecule has 0 aliphatic carbocycles. The number of hydrogen-bond donors (Lipinski definition) is 3. The number of carbonyl (C=O) groups excluding carboxylic acids is 1. The number of carboxylic acid groups (broad SMARTS) is 1. The first kappa shape index (κ1) is 13.8. The second-order valence-electron chi connectivity index (χ2n) is 3.82. The SMILES string of the molecule is O=C(C=Cc1ccccc1Cl)Nc1cc(C(=O)O)[nH]n1. The zero-order valence-electron chi connectivity index (χ0n) is 10.1. The van der Waals surface area contributed by atoms with Crippen LogP contribution < -0.4 is 5.32 Å². The molecule has 2 aromatic rings. The van der Waals surface area contributed by atoms with Crippen molar-refractivity contribution < 1.29 is 14.7 Å². The van der Waals surface area contributed by atoms with Gasteiger partial charge in [0.05, 0.1) is 0 Å². The Kier molecular flexibility index (Phi) is 4.17. The molecule has 0 unspecified atom stereocenters. The zero-order valence-corrected chi connectivity index (χ0v) is 10.9. The lowest BCUT2D eigenvalue weighted by atomic mass is 10.2. The van der Waals surface area contributed by atoms with Crippen molar-refractivity contribution in [3.63, 3.8) is 0 Å². The summed E-state index contributed by atoms with van der Waals surface area (Å²) in [6.07, 6.45) is 2.85. The second kappa shape index (κ2) is 6.03. The summed E-state index contributed by atoms with van der Waals surface area (Å²) in [4.78, 5) is 22.3. The molecule has 1 aromatic carbocycles. The van der Waals surface area contributed by atoms with Gasteiger partial charge in [0.25, 0.3) is 0 Å². The van der Waals surface area contributed by atoms with Crippen LogP contribution in [-0.4, -0.2) is 27.2 Å². The zero-order chi connectivity index (χ0) is 14.5. The van der Waals surface area contributed by atoms with Crippen LogP contribution in [0, 0.1) is 0 Å². The van der Waals surface area contributed by atoms with Crippen molar-refractivity contribution in [2.24, 2.45) is 0 Å². The van der Waals surface area contributed by atoms with Gasteiger partial charge in [-0.1, -0.05) is 29.8 Å². The molecule has 0 atom stereocenters. The number of anilines is 1. The molecule has 6 nitrogen and oxygen atoms in total. The Morgan fingerprint density at radius 1 is 1.35 bits per heavy atom. The highest BCUT2D eigenvalue weighted by atomic mass is 35.5. The van der Waals surface area contributed by atoms with Crippen molar-refractivity contribution in [1.29, 1.82) is 0 Å². The number of benzene rings is 1. The Morgan fingerprint density at radius 2 is 2.10 bits per heavy atom. The summed E-state index contributed by atoms with van der Waals surface area (Å²) in [5, 5.41) is 17.6. The molecule has 0 fully saturated rings. The molecule has 0 saturated heterocycles. The third kappa shape index (κ3) is 3.46. The molecule has 1 aromatic heterocycles. The number of hydrogen-bond acceptors (Lipinski definition) is 3. The van der Waals surface area contributed by atoms with E-state index in [9.17, 15) is 9.59 Å². The predicted octanol–water partition coefficient (Wildman–Crippen LogP) is 2.41. The van der Waals surface area contributed by atoms with E-state index in [0.717, 1.165) is 0 Å². The molecule has 0 aliphatic heterocycles. The number of H-pyrrole nitrogens is 1. The number of amides is 1. The van der Waals surface area contributed by atoms with Crippen LogP contribution in [0.15, 0.2) is 36.4 Å². The van der Waals surface area contributed by atoms with Gasteiger partial charge in [-0.05, 0) is 17.7 Å². The van der Waals surface area contributed by atoms with Crippen LogP contribution in [0.1, 0.15) is 16.1 Å². The first-order valence-corrected chi connectivity index (χ1v) is 5.96. The van der Waals surface area contributed by atoms with Crippen molar-refractivity contribution in [3.8, 4) is 0 Å². The number of carboxylic acids is 1. The summed E-state index contributed by atoms with van der Waals surface area (Å²) in [6.45, 7) is 0. The van der Waals surface area contributed by atoms with Gasteiger partial charge in [0.15, 0.2) is 5.82 Å². The highest BCUT2D eigenvalue weighted by Gasteiger charge is 2.08. The predicted molar refractivity (Wildman–Crippen MR) is 74.7 cm³/mol. The third-order valence-corrected chi connectivity index (χ3v) is 2.72. The summed E-state index contributed by atoms with van der Waals surface area (Å²) >= 11 is 5.94. The summed E-state index contributed by atoms with van der Waals surface area (Å²) < 4.78 is 0. The average Bonchev–Trinajstić information content (AvgIpc) is 2.86. The monoisotopic (exact) mass is 291 g/mol. The molecule has 1 heterocycles. The standard InChI is InChI=1S/C13H10ClN3O3/c14-9-4-2-1-3-8(9)5-6-12(18)15-11-7-10(13(19)20)16-17-11/h1-7H,(H,19,20)(H2,15,16,17,18). The largest absolute Gasteiger partial charge is 0.477 e. The third-order valence-electron chi connectivity index (χ3n) is 2.38. The molecular weight excluding hydrogens is 282 g/mol. The summed E-state index contributed by atoms with van der Waals surface area (Å²) in [5.74, 6) is -1.45. The van der Waals surface area contributed by atoms with Crippen LogP contribution in [0.2, 0.25) is 5.02 Å². The molecule has 2 rings (SSSR count). The van der Waals surface area contributed by atoms with Gasteiger partial charge in [-0.25, -0.2) is 4.79 Å². The van der Waals surface area contributed by atoms with E-state index in [4.69, 9.17) is 16.7 Å². The number of aromatic nitrogens is 2. The number of halogens is 1. The minimum atomic E-state index is -1.15. The molecule has 0 saturated carbocycles. The maximum Gasteiger partial charge on any atom is 0.353 e. The van der Waals surface area contributed by atoms with E-state index in [1.54, 1.807) is 30.3 Å². The van der Waals surface area contributed by atoms with Crippen molar-refractivity contribution in [2.75, 3.05) is 5.32 Å². The molecule has 0 spiro atoms. The van der Waals surface area contributed by atoms with Gasteiger partial charge in [0.1, 0.15) is 5.69 Å². The number of rotatable bonds is 4. The summed E-state index contributed by atoms with van der Waals surface area (Å²) in [7, 11) is 0. The lowest BCUT2D eigenvalue weighted by molar-refractivity contribution is -0.111. The minimum Gasteiger partial charge on any atom is -0.477 e. The van der Waals surface area contributed by atoms with Gasteiger partial charge in [-0.3, -0.25) is 9.89 Å². The molecule has 20 heavy (non-hydrogen) atoms. The molecule has 1 amide bonds. The Bertz CT molecular complexity index is 679. The normalized spacial score (nSPS) is 10.7. The van der Waals surface area contributed by atoms with Gasteiger partial charge >= 0.3 is 5.97 Å². The number of aromatic carboxylic acids is 1. The van der Waals surface area contributed by atoms with Crippen molar-refractivity contribution in [3.05, 3.63) is 52.7 Å². The fourth-order valence-electron chi connectivity index (χ4n) is 1.44. The molecule has 0 aliphatic rings. The van der Waals surface area contributed by atoms with Crippen LogP contribution in [0.25, 0.3) is 6.08 Å². The molecule has 3 N–H and O–H groups in total. The quantitative estimate of drug-likeness (QED) is 0.754. The topological polar surface area (TPSA) is 95.1 Å². The van der Waals surface area contributed by atoms with Crippen LogP contribution in [0.5, 0.6) is 0 Å². The van der Waals surface area contributed by atoms with Crippen LogP contribution in [0.4, 0.5) is 5.82 Å². The number of nitrogens with one attached hydrogen (secondary N) is 2.